The van der Waals surface area contributed by atoms with Crippen LogP contribution in [-0.2, 0) is 28.4 Å². The van der Waals surface area contributed by atoms with Gasteiger partial charge in [0, 0.05) is 7.05 Å². The van der Waals surface area contributed by atoms with Crippen molar-refractivity contribution in [3.05, 3.63) is 60.4 Å². The second-order valence-corrected chi connectivity index (χ2v) is 9.45. The zero-order valence-corrected chi connectivity index (χ0v) is 19.0. The minimum absolute atomic E-state index is 0.0281. The first-order valence-electron chi connectivity index (χ1n) is 9.26. The molecule has 2 aromatic carbocycles. The van der Waals surface area contributed by atoms with Crippen LogP contribution in [0, 0.1) is 0 Å². The zero-order valence-electron chi connectivity index (χ0n) is 17.3. The molecule has 1 N–H and O–H groups in total. The molecule has 0 aliphatic heterocycles. The van der Waals surface area contributed by atoms with Crippen LogP contribution in [0.4, 0.5) is 11.4 Å². The number of aromatic nitrogens is 3. The fourth-order valence-corrected chi connectivity index (χ4v) is 4.38. The van der Waals surface area contributed by atoms with E-state index in [0.29, 0.717) is 28.1 Å². The molecule has 0 atom stereocenters. The average Bonchev–Trinajstić information content (AvgIpc) is 3.10. The molecule has 1 amide bonds. The van der Waals surface area contributed by atoms with Gasteiger partial charge in [0.2, 0.25) is 15.9 Å². The number of amides is 1. The summed E-state index contributed by atoms with van der Waals surface area (Å²) < 4.78 is 32.8. The van der Waals surface area contributed by atoms with Crippen LogP contribution in [-0.4, -0.2) is 48.2 Å². The molecular weight excluding hydrogens is 438 g/mol. The maximum atomic E-state index is 12.3. The number of hydrogen-bond acceptors (Lipinski definition) is 7. The monoisotopic (exact) mass is 461 g/mol. The summed E-state index contributed by atoms with van der Waals surface area (Å²) in [5.41, 5.74) is 1.12. The van der Waals surface area contributed by atoms with Gasteiger partial charge < -0.3 is 14.6 Å². The molecule has 0 aliphatic carbocycles. The quantitative estimate of drug-likeness (QED) is 0.488. The van der Waals surface area contributed by atoms with Crippen molar-refractivity contribution in [3.8, 4) is 5.75 Å². The lowest BCUT2D eigenvalue weighted by Crippen LogP contribution is -2.30. The highest BCUT2D eigenvalue weighted by atomic mass is 32.2. The first kappa shape index (κ1) is 22.6. The Hall–Kier alpha value is -3.05. The molecular formula is C20H23N5O4S2. The normalized spacial score (nSPS) is 11.2. The number of para-hydroxylation sites is 3. The van der Waals surface area contributed by atoms with Gasteiger partial charge in [0.1, 0.15) is 5.75 Å². The number of nitrogens with zero attached hydrogens (tertiary/aromatic N) is 4. The highest BCUT2D eigenvalue weighted by Gasteiger charge is 2.21. The Labute approximate surface area is 185 Å². The molecule has 0 fully saturated rings. The van der Waals surface area contributed by atoms with E-state index < -0.39 is 10.0 Å². The van der Waals surface area contributed by atoms with E-state index in [2.05, 4.69) is 15.5 Å². The molecule has 9 nitrogen and oxygen atoms in total. The van der Waals surface area contributed by atoms with E-state index in [1.165, 1.54) is 23.2 Å². The number of rotatable bonds is 9. The Kier molecular flexibility index (Phi) is 7.18. The number of benzene rings is 2. The van der Waals surface area contributed by atoms with Gasteiger partial charge in [-0.1, -0.05) is 42.1 Å². The molecule has 3 rings (SSSR count). The molecule has 0 spiro atoms. The predicted molar refractivity (Wildman–Crippen MR) is 121 cm³/mol. The number of nitrogens with one attached hydrogen (secondary N) is 1. The predicted octanol–water partition coefficient (Wildman–Crippen LogP) is 2.52. The van der Waals surface area contributed by atoms with E-state index in [9.17, 15) is 13.2 Å². The minimum atomic E-state index is -3.52. The van der Waals surface area contributed by atoms with Gasteiger partial charge in [-0.3, -0.25) is 9.10 Å². The van der Waals surface area contributed by atoms with E-state index in [4.69, 9.17) is 4.74 Å². The van der Waals surface area contributed by atoms with Crippen molar-refractivity contribution >= 4 is 39.1 Å². The lowest BCUT2D eigenvalue weighted by atomic mass is 10.3. The molecule has 0 saturated heterocycles. The fourth-order valence-electron chi connectivity index (χ4n) is 2.80. The van der Waals surface area contributed by atoms with Gasteiger partial charge in [-0.15, -0.1) is 10.2 Å². The molecule has 31 heavy (non-hydrogen) atoms. The smallest absolute Gasteiger partial charge is 0.234 e. The molecule has 0 radical (unpaired) electrons. The number of ether oxygens (including phenoxy) is 1. The largest absolute Gasteiger partial charge is 0.495 e. The zero-order chi connectivity index (χ0) is 22.4. The first-order valence-corrected chi connectivity index (χ1v) is 12.1. The highest BCUT2D eigenvalue weighted by Crippen LogP contribution is 2.24. The second-order valence-electron chi connectivity index (χ2n) is 6.60. The fraction of sp³-hybridized carbons (Fsp3) is 0.250. The standard InChI is InChI=1S/C20H23N5O4S2/c1-24-18(13-25(31(3,27)28)15-9-5-4-6-10-15)22-23-20(24)30-14-19(26)21-16-11-7-8-12-17(16)29-2/h4-12H,13-14H2,1-3H3,(H,21,26). The minimum Gasteiger partial charge on any atom is -0.495 e. The Bertz CT molecular complexity index is 1150. The van der Waals surface area contributed by atoms with Crippen molar-refractivity contribution in [1.82, 2.24) is 14.8 Å². The van der Waals surface area contributed by atoms with Gasteiger partial charge in [0.25, 0.3) is 0 Å². The summed E-state index contributed by atoms with van der Waals surface area (Å²) in [6.45, 7) is 0.0281. The van der Waals surface area contributed by atoms with Crippen LogP contribution in [0.5, 0.6) is 5.75 Å². The molecule has 164 valence electrons. The molecule has 0 bridgehead atoms. The van der Waals surface area contributed by atoms with Crippen molar-refractivity contribution < 1.29 is 17.9 Å². The van der Waals surface area contributed by atoms with Gasteiger partial charge in [-0.2, -0.15) is 0 Å². The first-order chi connectivity index (χ1) is 14.8. The number of hydrogen-bond donors (Lipinski definition) is 1. The SMILES string of the molecule is COc1ccccc1NC(=O)CSc1nnc(CN(c2ccccc2)S(C)(=O)=O)n1C. The summed E-state index contributed by atoms with van der Waals surface area (Å²) in [5, 5.41) is 11.5. The van der Waals surface area contributed by atoms with Crippen molar-refractivity contribution in [2.75, 3.05) is 28.7 Å². The summed E-state index contributed by atoms with van der Waals surface area (Å²) in [6, 6.07) is 15.9. The Balaban J connectivity index is 1.68. The molecule has 3 aromatic rings. The molecule has 1 heterocycles. The van der Waals surface area contributed by atoms with E-state index in [1.807, 2.05) is 12.1 Å². The summed E-state index contributed by atoms with van der Waals surface area (Å²) in [4.78, 5) is 12.3. The van der Waals surface area contributed by atoms with Crippen molar-refractivity contribution in [2.45, 2.75) is 11.7 Å². The van der Waals surface area contributed by atoms with Gasteiger partial charge in [0.15, 0.2) is 11.0 Å². The van der Waals surface area contributed by atoms with E-state index in [0.717, 1.165) is 6.26 Å². The van der Waals surface area contributed by atoms with E-state index >= 15 is 0 Å². The third-order valence-corrected chi connectivity index (χ3v) is 6.53. The molecule has 0 aliphatic rings. The van der Waals surface area contributed by atoms with Crippen LogP contribution in [0.3, 0.4) is 0 Å². The van der Waals surface area contributed by atoms with Crippen molar-refractivity contribution in [2.24, 2.45) is 7.05 Å². The summed E-state index contributed by atoms with van der Waals surface area (Å²) in [5.74, 6) is 0.921. The third-order valence-electron chi connectivity index (χ3n) is 4.37. The van der Waals surface area contributed by atoms with Crippen LogP contribution < -0.4 is 14.4 Å². The van der Waals surface area contributed by atoms with Crippen LogP contribution in [0.15, 0.2) is 59.8 Å². The Morgan fingerprint density at radius 2 is 1.81 bits per heavy atom. The van der Waals surface area contributed by atoms with Gasteiger partial charge in [-0.25, -0.2) is 8.42 Å². The number of methoxy groups -OCH3 is 1. The number of thioether (sulfide) groups is 1. The highest BCUT2D eigenvalue weighted by molar-refractivity contribution is 7.99. The second kappa shape index (κ2) is 9.84. The van der Waals surface area contributed by atoms with Crippen LogP contribution >= 0.6 is 11.8 Å². The van der Waals surface area contributed by atoms with Gasteiger partial charge >= 0.3 is 0 Å². The third kappa shape index (κ3) is 5.76. The number of carbonyl (C=O) groups excluding carboxylic acids is 1. The maximum absolute atomic E-state index is 12.3. The van der Waals surface area contributed by atoms with Crippen LogP contribution in [0.2, 0.25) is 0 Å². The number of carbonyl (C=O) groups is 1. The summed E-state index contributed by atoms with van der Waals surface area (Å²) >= 11 is 1.21. The molecule has 0 unspecified atom stereocenters. The Morgan fingerprint density at radius 1 is 1.13 bits per heavy atom. The number of sulfonamides is 1. The van der Waals surface area contributed by atoms with Crippen molar-refractivity contribution in [1.29, 1.82) is 0 Å². The lowest BCUT2D eigenvalue weighted by molar-refractivity contribution is -0.113. The molecule has 1 aromatic heterocycles. The van der Waals surface area contributed by atoms with E-state index in [1.54, 1.807) is 54.1 Å². The number of anilines is 2. The van der Waals surface area contributed by atoms with Crippen molar-refractivity contribution in [3.63, 3.8) is 0 Å². The lowest BCUT2D eigenvalue weighted by Gasteiger charge is -2.21. The molecule has 11 heteroatoms. The summed E-state index contributed by atoms with van der Waals surface area (Å²) in [7, 11) is -0.246. The van der Waals surface area contributed by atoms with Crippen LogP contribution in [0.25, 0.3) is 0 Å². The maximum Gasteiger partial charge on any atom is 0.234 e. The van der Waals surface area contributed by atoms with Crippen LogP contribution in [0.1, 0.15) is 5.82 Å². The average molecular weight is 462 g/mol. The Morgan fingerprint density at radius 3 is 2.48 bits per heavy atom. The summed E-state index contributed by atoms with van der Waals surface area (Å²) in [6.07, 6.45) is 1.15. The van der Waals surface area contributed by atoms with Gasteiger partial charge in [-0.05, 0) is 24.3 Å². The molecule has 0 saturated carbocycles. The van der Waals surface area contributed by atoms with E-state index in [-0.39, 0.29) is 18.2 Å². The van der Waals surface area contributed by atoms with Gasteiger partial charge in [0.05, 0.1) is 37.0 Å². The topological polar surface area (TPSA) is 106 Å².